The van der Waals surface area contributed by atoms with E-state index in [1.807, 2.05) is 41.3 Å². The lowest BCUT2D eigenvalue weighted by Gasteiger charge is -2.38. The molecule has 0 saturated carbocycles. The maximum atomic E-state index is 14.7. The fourth-order valence-electron chi connectivity index (χ4n) is 5.30. The predicted molar refractivity (Wildman–Crippen MR) is 149 cm³/mol. The highest BCUT2D eigenvalue weighted by atomic mass is 19.1. The van der Waals surface area contributed by atoms with Crippen molar-refractivity contribution in [3.05, 3.63) is 88.7 Å². The molecule has 0 aliphatic carbocycles. The van der Waals surface area contributed by atoms with E-state index in [9.17, 15) is 18.8 Å². The minimum Gasteiger partial charge on any atom is -0.494 e. The number of hydrogen-bond donors (Lipinski definition) is 1. The lowest BCUT2D eigenvalue weighted by Crippen LogP contribution is -2.40. The molecule has 0 spiro atoms. The van der Waals surface area contributed by atoms with Gasteiger partial charge in [0.05, 0.1) is 26.2 Å². The molecule has 3 aromatic rings. The molecule has 0 aromatic heterocycles. The van der Waals surface area contributed by atoms with Crippen molar-refractivity contribution in [2.24, 2.45) is 0 Å². The number of fused-ring (bicyclic) bond motifs is 7. The minimum absolute atomic E-state index is 0.0454. The van der Waals surface area contributed by atoms with E-state index in [-0.39, 0.29) is 48.8 Å². The topological polar surface area (TPSA) is 94.2 Å². The van der Waals surface area contributed by atoms with Crippen LogP contribution in [0.2, 0.25) is 0 Å². The van der Waals surface area contributed by atoms with Crippen LogP contribution in [0.1, 0.15) is 54.0 Å². The first-order chi connectivity index (χ1) is 19.9. The van der Waals surface area contributed by atoms with Gasteiger partial charge in [0.1, 0.15) is 11.5 Å². The highest BCUT2D eigenvalue weighted by Gasteiger charge is 2.32. The molecule has 41 heavy (non-hydrogen) atoms. The Morgan fingerprint density at radius 1 is 1.07 bits per heavy atom. The Balaban J connectivity index is 1.50. The number of halogens is 1. The van der Waals surface area contributed by atoms with Crippen LogP contribution in [0.3, 0.4) is 0 Å². The number of ether oxygens (including phenoxy) is 3. The monoisotopic (exact) mass is 560 g/mol. The zero-order valence-corrected chi connectivity index (χ0v) is 23.0. The van der Waals surface area contributed by atoms with Crippen LogP contribution in [-0.2, 0) is 32.0 Å². The fourth-order valence-corrected chi connectivity index (χ4v) is 5.30. The van der Waals surface area contributed by atoms with Crippen molar-refractivity contribution in [2.75, 3.05) is 26.8 Å². The number of methoxy groups -OCH3 is 1. The van der Waals surface area contributed by atoms with Crippen molar-refractivity contribution < 1.29 is 33.0 Å². The number of carbonyl (C=O) groups is 3. The van der Waals surface area contributed by atoms with Crippen LogP contribution < -0.4 is 14.8 Å². The molecule has 0 fully saturated rings. The third kappa shape index (κ3) is 6.85. The van der Waals surface area contributed by atoms with Gasteiger partial charge in [-0.2, -0.15) is 0 Å². The second-order valence-corrected chi connectivity index (χ2v) is 10.2. The standard InChI is InChI=1S/C32H33FN2O6/c1-39-31(38)8-3-7-30(37)35-15-13-22-19-25-10-11-26(22)32(35)23-5-2-6-24(20-23)40-16-4-14-34-29(36)18-21-9-12-27(33)28(17-21)41-25/h2,5-6,9-12,17,19-20,32H,3-4,7-8,13-16,18H2,1H3,(H,34,36). The number of rotatable bonds is 4. The summed E-state index contributed by atoms with van der Waals surface area (Å²) in [4.78, 5) is 39.3. The zero-order chi connectivity index (χ0) is 28.8. The molecule has 0 saturated heterocycles. The first kappa shape index (κ1) is 28.1. The van der Waals surface area contributed by atoms with Crippen LogP contribution in [0.5, 0.6) is 17.2 Å². The van der Waals surface area contributed by atoms with Gasteiger partial charge < -0.3 is 24.4 Å². The van der Waals surface area contributed by atoms with Crippen LogP contribution in [0.25, 0.3) is 0 Å². The summed E-state index contributed by atoms with van der Waals surface area (Å²) in [6, 6.07) is 17.3. The third-order valence-corrected chi connectivity index (χ3v) is 7.34. The van der Waals surface area contributed by atoms with Gasteiger partial charge in [0, 0.05) is 25.9 Å². The molecular weight excluding hydrogens is 527 g/mol. The summed E-state index contributed by atoms with van der Waals surface area (Å²) in [6.45, 7) is 1.31. The van der Waals surface area contributed by atoms with Crippen molar-refractivity contribution in [3.63, 3.8) is 0 Å². The van der Waals surface area contributed by atoms with Gasteiger partial charge >= 0.3 is 5.97 Å². The van der Waals surface area contributed by atoms with Crippen LogP contribution in [0, 0.1) is 5.82 Å². The molecule has 6 rings (SSSR count). The summed E-state index contributed by atoms with van der Waals surface area (Å²) in [7, 11) is 1.34. The molecule has 8 nitrogen and oxygen atoms in total. The third-order valence-electron chi connectivity index (χ3n) is 7.34. The lowest BCUT2D eigenvalue weighted by atomic mass is 9.87. The Morgan fingerprint density at radius 3 is 2.80 bits per heavy atom. The molecule has 1 N–H and O–H groups in total. The average molecular weight is 561 g/mol. The van der Waals surface area contributed by atoms with E-state index in [1.54, 1.807) is 18.2 Å². The number of esters is 1. The average Bonchev–Trinajstić information content (AvgIpc) is 2.97. The molecule has 3 aliphatic rings. The molecule has 8 bridgehead atoms. The van der Waals surface area contributed by atoms with E-state index in [4.69, 9.17) is 14.2 Å². The summed E-state index contributed by atoms with van der Waals surface area (Å²) in [5.41, 5.74) is 3.47. The maximum Gasteiger partial charge on any atom is 0.305 e. The summed E-state index contributed by atoms with van der Waals surface area (Å²) in [5, 5.41) is 2.87. The fraction of sp³-hybridized carbons (Fsp3) is 0.344. The molecule has 0 radical (unpaired) electrons. The highest BCUT2D eigenvalue weighted by Crippen LogP contribution is 2.39. The number of nitrogens with one attached hydrogen (secondary N) is 1. The molecule has 3 aliphatic heterocycles. The van der Waals surface area contributed by atoms with Gasteiger partial charge in [0.15, 0.2) is 11.6 Å². The van der Waals surface area contributed by atoms with E-state index in [0.717, 1.165) is 16.7 Å². The first-order valence-corrected chi connectivity index (χ1v) is 13.9. The Kier molecular flexibility index (Phi) is 8.82. The van der Waals surface area contributed by atoms with Crippen LogP contribution in [0.15, 0.2) is 60.7 Å². The summed E-state index contributed by atoms with van der Waals surface area (Å²) < 4.78 is 31.3. The van der Waals surface area contributed by atoms with Crippen molar-refractivity contribution in [2.45, 2.75) is 44.6 Å². The molecule has 2 amide bonds. The number of hydrogen-bond acceptors (Lipinski definition) is 6. The van der Waals surface area contributed by atoms with Gasteiger partial charge in [-0.05, 0) is 77.9 Å². The Hall–Kier alpha value is -4.40. The van der Waals surface area contributed by atoms with E-state index >= 15 is 0 Å². The predicted octanol–water partition coefficient (Wildman–Crippen LogP) is 4.88. The molecule has 1 atom stereocenters. The SMILES string of the molecule is COC(=O)CCCC(=O)N1CCc2cc3ccc2C1c1cccc(c1)OCCCNC(=O)Cc1ccc(F)c(c1)O3. The quantitative estimate of drug-likeness (QED) is 0.458. The van der Waals surface area contributed by atoms with Gasteiger partial charge in [0.2, 0.25) is 11.8 Å². The Labute approximate surface area is 238 Å². The van der Waals surface area contributed by atoms with Crippen LogP contribution in [0.4, 0.5) is 4.39 Å². The molecule has 1 unspecified atom stereocenters. The highest BCUT2D eigenvalue weighted by molar-refractivity contribution is 5.79. The maximum absolute atomic E-state index is 14.7. The Morgan fingerprint density at radius 2 is 1.95 bits per heavy atom. The normalized spacial score (nSPS) is 16.8. The second-order valence-electron chi connectivity index (χ2n) is 10.2. The van der Waals surface area contributed by atoms with Gasteiger partial charge in [-0.1, -0.05) is 24.3 Å². The summed E-state index contributed by atoms with van der Waals surface area (Å²) in [5.74, 6) is 0.104. The smallest absolute Gasteiger partial charge is 0.305 e. The Bertz CT molecular complexity index is 1440. The molecule has 3 heterocycles. The molecule has 9 heteroatoms. The van der Waals surface area contributed by atoms with Crippen molar-refractivity contribution >= 4 is 17.8 Å². The number of benzene rings is 3. The van der Waals surface area contributed by atoms with E-state index in [1.165, 1.54) is 13.2 Å². The van der Waals surface area contributed by atoms with Crippen LogP contribution in [-0.4, -0.2) is 49.5 Å². The van der Waals surface area contributed by atoms with E-state index in [0.29, 0.717) is 56.0 Å². The lowest BCUT2D eigenvalue weighted by molar-refractivity contribution is -0.141. The molecular formula is C32H33FN2O6. The zero-order valence-electron chi connectivity index (χ0n) is 23.0. The van der Waals surface area contributed by atoms with Crippen molar-refractivity contribution in [3.8, 4) is 17.2 Å². The first-order valence-electron chi connectivity index (χ1n) is 13.9. The van der Waals surface area contributed by atoms with Crippen molar-refractivity contribution in [1.82, 2.24) is 10.2 Å². The second kappa shape index (κ2) is 12.8. The van der Waals surface area contributed by atoms with Gasteiger partial charge in [0.25, 0.3) is 0 Å². The van der Waals surface area contributed by atoms with Gasteiger partial charge in [-0.25, -0.2) is 4.39 Å². The summed E-state index contributed by atoms with van der Waals surface area (Å²) >= 11 is 0. The number of carbonyl (C=O) groups excluding carboxylic acids is 3. The number of nitrogens with zero attached hydrogens (tertiary/aromatic N) is 1. The van der Waals surface area contributed by atoms with E-state index in [2.05, 4.69) is 5.32 Å². The van der Waals surface area contributed by atoms with Gasteiger partial charge in [-0.3, -0.25) is 14.4 Å². The van der Waals surface area contributed by atoms with E-state index < -0.39 is 5.82 Å². The summed E-state index contributed by atoms with van der Waals surface area (Å²) in [6.07, 6.45) is 2.10. The molecule has 3 aromatic carbocycles. The largest absolute Gasteiger partial charge is 0.494 e. The van der Waals surface area contributed by atoms with Crippen molar-refractivity contribution in [1.29, 1.82) is 0 Å². The van der Waals surface area contributed by atoms with Crippen LogP contribution >= 0.6 is 0 Å². The minimum atomic E-state index is -0.520. The number of amides is 2. The van der Waals surface area contributed by atoms with Gasteiger partial charge in [-0.15, -0.1) is 0 Å². The molecule has 214 valence electrons.